The van der Waals surface area contributed by atoms with Crippen LogP contribution in [0.4, 0.5) is 17.1 Å². The molecule has 1 aliphatic heterocycles. The topological polar surface area (TPSA) is 72.9 Å². The van der Waals surface area contributed by atoms with Crippen LogP contribution in [0.2, 0.25) is 0 Å². The molecular formula is C25H27N3O4. The first-order chi connectivity index (χ1) is 15.6. The summed E-state index contributed by atoms with van der Waals surface area (Å²) in [7, 11) is 5.07. The molecule has 1 N–H and O–H groups in total. The number of ether oxygens (including phenoxy) is 3. The SMILES string of the molecule is COC(=O)c1ccncc1NC[C@@H]1CCOc2cc(N(C)c3ccc(OC)cc3)ccc21. The molecular weight excluding hydrogens is 406 g/mol. The lowest BCUT2D eigenvalue weighted by molar-refractivity contribution is 0.0601. The molecule has 166 valence electrons. The third-order valence-corrected chi connectivity index (χ3v) is 5.77. The van der Waals surface area contributed by atoms with Crippen LogP contribution < -0.4 is 19.7 Å². The van der Waals surface area contributed by atoms with Crippen LogP contribution in [0.25, 0.3) is 0 Å². The number of fused-ring (bicyclic) bond motifs is 1. The van der Waals surface area contributed by atoms with E-state index in [-0.39, 0.29) is 11.9 Å². The second-order valence-corrected chi connectivity index (χ2v) is 7.61. The number of hydrogen-bond donors (Lipinski definition) is 1. The molecule has 0 saturated carbocycles. The predicted octanol–water partition coefficient (Wildman–Crippen LogP) is 4.62. The van der Waals surface area contributed by atoms with Gasteiger partial charge in [0.15, 0.2) is 0 Å². The number of rotatable bonds is 7. The molecule has 0 amide bonds. The van der Waals surface area contributed by atoms with Gasteiger partial charge in [-0.15, -0.1) is 0 Å². The number of anilines is 3. The van der Waals surface area contributed by atoms with Gasteiger partial charge < -0.3 is 24.4 Å². The maximum absolute atomic E-state index is 12.0. The number of esters is 1. The molecule has 0 saturated heterocycles. The van der Waals surface area contributed by atoms with Crippen LogP contribution in [0, 0.1) is 0 Å². The third-order valence-electron chi connectivity index (χ3n) is 5.77. The van der Waals surface area contributed by atoms with Crippen molar-refractivity contribution in [3.05, 3.63) is 72.1 Å². The molecule has 32 heavy (non-hydrogen) atoms. The Labute approximate surface area is 187 Å². The summed E-state index contributed by atoms with van der Waals surface area (Å²) in [5.74, 6) is 1.59. The van der Waals surface area contributed by atoms with Crippen molar-refractivity contribution < 1.29 is 19.0 Å². The van der Waals surface area contributed by atoms with Crippen molar-refractivity contribution in [2.75, 3.05) is 44.6 Å². The minimum atomic E-state index is -0.381. The number of carbonyl (C=O) groups excluding carboxylic acids is 1. The number of methoxy groups -OCH3 is 2. The van der Waals surface area contributed by atoms with Crippen molar-refractivity contribution in [2.45, 2.75) is 12.3 Å². The highest BCUT2D eigenvalue weighted by Crippen LogP contribution is 2.38. The Hall–Kier alpha value is -3.74. The van der Waals surface area contributed by atoms with Gasteiger partial charge in [-0.05, 0) is 48.4 Å². The highest BCUT2D eigenvalue weighted by Gasteiger charge is 2.23. The minimum Gasteiger partial charge on any atom is -0.497 e. The van der Waals surface area contributed by atoms with Crippen LogP contribution in [0.3, 0.4) is 0 Å². The molecule has 7 heteroatoms. The molecule has 1 atom stereocenters. The van der Waals surface area contributed by atoms with E-state index in [0.717, 1.165) is 34.9 Å². The summed E-state index contributed by atoms with van der Waals surface area (Å²) in [6.07, 6.45) is 4.13. The smallest absolute Gasteiger partial charge is 0.340 e. The van der Waals surface area contributed by atoms with E-state index < -0.39 is 0 Å². The van der Waals surface area contributed by atoms with Crippen LogP contribution in [0.5, 0.6) is 11.5 Å². The minimum absolute atomic E-state index is 0.254. The van der Waals surface area contributed by atoms with Gasteiger partial charge in [0.2, 0.25) is 0 Å². The van der Waals surface area contributed by atoms with Crippen LogP contribution in [-0.2, 0) is 4.74 Å². The van der Waals surface area contributed by atoms with Crippen LogP contribution in [0.15, 0.2) is 60.9 Å². The number of carbonyl (C=O) groups is 1. The maximum Gasteiger partial charge on any atom is 0.340 e. The summed E-state index contributed by atoms with van der Waals surface area (Å²) in [6, 6.07) is 15.9. The first kappa shape index (κ1) is 21.5. The molecule has 0 fully saturated rings. The summed E-state index contributed by atoms with van der Waals surface area (Å²) in [4.78, 5) is 18.3. The van der Waals surface area contributed by atoms with E-state index in [4.69, 9.17) is 14.2 Å². The summed E-state index contributed by atoms with van der Waals surface area (Å²) in [5, 5.41) is 3.37. The normalized spacial score (nSPS) is 14.7. The fourth-order valence-corrected chi connectivity index (χ4v) is 3.88. The molecule has 3 aromatic rings. The van der Waals surface area contributed by atoms with E-state index >= 15 is 0 Å². The Morgan fingerprint density at radius 3 is 2.69 bits per heavy atom. The van der Waals surface area contributed by atoms with E-state index in [9.17, 15) is 4.79 Å². The van der Waals surface area contributed by atoms with Gasteiger partial charge in [-0.25, -0.2) is 4.79 Å². The summed E-state index contributed by atoms with van der Waals surface area (Å²) < 4.78 is 16.1. The Kier molecular flexibility index (Phi) is 6.44. The predicted molar refractivity (Wildman–Crippen MR) is 124 cm³/mol. The lowest BCUT2D eigenvalue weighted by atomic mass is 9.92. The standard InChI is InChI=1S/C25H27N3O4/c1-28(18-4-7-20(30-2)8-5-18)19-6-9-21-17(11-13-32-24(21)14-19)15-27-23-16-26-12-10-22(23)25(29)31-3/h4-10,12,14,16-17,27H,11,13,15H2,1-3H3/t17-/m0/s1. The van der Waals surface area contributed by atoms with E-state index in [2.05, 4.69) is 33.4 Å². The van der Waals surface area contributed by atoms with Crippen molar-refractivity contribution in [3.63, 3.8) is 0 Å². The van der Waals surface area contributed by atoms with Crippen molar-refractivity contribution in [1.82, 2.24) is 4.98 Å². The second-order valence-electron chi connectivity index (χ2n) is 7.61. The fraction of sp³-hybridized carbons (Fsp3) is 0.280. The van der Waals surface area contributed by atoms with Crippen LogP contribution >= 0.6 is 0 Å². The molecule has 1 aromatic heterocycles. The van der Waals surface area contributed by atoms with Crippen molar-refractivity contribution in [2.24, 2.45) is 0 Å². The maximum atomic E-state index is 12.0. The van der Waals surface area contributed by atoms with E-state index in [1.54, 1.807) is 25.6 Å². The summed E-state index contributed by atoms with van der Waals surface area (Å²) in [6.45, 7) is 1.31. The summed E-state index contributed by atoms with van der Waals surface area (Å²) in [5.41, 5.74) is 4.41. The van der Waals surface area contributed by atoms with Crippen LogP contribution in [0.1, 0.15) is 28.3 Å². The van der Waals surface area contributed by atoms with Gasteiger partial charge in [-0.2, -0.15) is 0 Å². The van der Waals surface area contributed by atoms with Crippen LogP contribution in [-0.4, -0.2) is 45.4 Å². The van der Waals surface area contributed by atoms with Crippen molar-refractivity contribution in [3.8, 4) is 11.5 Å². The number of hydrogen-bond acceptors (Lipinski definition) is 7. The molecule has 7 nitrogen and oxygen atoms in total. The molecule has 0 spiro atoms. The van der Waals surface area contributed by atoms with Crippen molar-refractivity contribution >= 4 is 23.0 Å². The first-order valence-electron chi connectivity index (χ1n) is 10.5. The largest absolute Gasteiger partial charge is 0.497 e. The van der Waals surface area contributed by atoms with Gasteiger partial charge in [0, 0.05) is 43.1 Å². The van der Waals surface area contributed by atoms with Gasteiger partial charge in [0.25, 0.3) is 0 Å². The Morgan fingerprint density at radius 1 is 1.16 bits per heavy atom. The number of nitrogens with one attached hydrogen (secondary N) is 1. The van der Waals surface area contributed by atoms with Gasteiger partial charge >= 0.3 is 5.97 Å². The zero-order valence-electron chi connectivity index (χ0n) is 18.5. The Morgan fingerprint density at radius 2 is 1.94 bits per heavy atom. The Balaban J connectivity index is 1.50. The van der Waals surface area contributed by atoms with Gasteiger partial charge in [0.05, 0.1) is 38.3 Å². The lowest BCUT2D eigenvalue weighted by Gasteiger charge is -2.28. The lowest BCUT2D eigenvalue weighted by Crippen LogP contribution is -2.22. The Bertz CT molecular complexity index is 1080. The average molecular weight is 434 g/mol. The number of benzene rings is 2. The van der Waals surface area contributed by atoms with E-state index in [1.807, 2.05) is 31.3 Å². The second kappa shape index (κ2) is 9.60. The van der Waals surface area contributed by atoms with E-state index in [1.165, 1.54) is 7.11 Å². The highest BCUT2D eigenvalue weighted by atomic mass is 16.5. The molecule has 2 heterocycles. The molecule has 0 bridgehead atoms. The average Bonchev–Trinajstić information content (AvgIpc) is 2.86. The third kappa shape index (κ3) is 4.46. The molecule has 0 aliphatic carbocycles. The molecule has 2 aromatic carbocycles. The zero-order valence-corrected chi connectivity index (χ0v) is 18.5. The van der Waals surface area contributed by atoms with Crippen molar-refractivity contribution in [1.29, 1.82) is 0 Å². The number of aromatic nitrogens is 1. The zero-order chi connectivity index (χ0) is 22.5. The van der Waals surface area contributed by atoms with Gasteiger partial charge in [-0.1, -0.05) is 6.07 Å². The molecule has 1 aliphatic rings. The molecule has 0 unspecified atom stereocenters. The highest BCUT2D eigenvalue weighted by molar-refractivity contribution is 5.95. The van der Waals surface area contributed by atoms with Gasteiger partial charge in [-0.3, -0.25) is 4.98 Å². The fourth-order valence-electron chi connectivity index (χ4n) is 3.88. The first-order valence-corrected chi connectivity index (χ1v) is 10.5. The monoisotopic (exact) mass is 433 g/mol. The molecule has 4 rings (SSSR count). The van der Waals surface area contributed by atoms with Gasteiger partial charge in [0.1, 0.15) is 11.5 Å². The number of pyridine rings is 1. The quantitative estimate of drug-likeness (QED) is 0.545. The summed E-state index contributed by atoms with van der Waals surface area (Å²) >= 11 is 0. The molecule has 0 radical (unpaired) electrons. The van der Waals surface area contributed by atoms with E-state index in [0.29, 0.717) is 24.4 Å². The number of nitrogens with zero attached hydrogens (tertiary/aromatic N) is 2.